The van der Waals surface area contributed by atoms with Crippen LogP contribution in [0.4, 0.5) is 0 Å². The van der Waals surface area contributed by atoms with Gasteiger partial charge in [0.2, 0.25) is 0 Å². The predicted molar refractivity (Wildman–Crippen MR) is 66.0 cm³/mol. The third-order valence-electron chi connectivity index (χ3n) is 2.47. The van der Waals surface area contributed by atoms with E-state index in [0.717, 1.165) is 11.1 Å². The van der Waals surface area contributed by atoms with Crippen LogP contribution in [0.5, 0.6) is 0 Å². The molecule has 1 aromatic rings. The average molecular weight is 216 g/mol. The van der Waals surface area contributed by atoms with E-state index in [1.807, 2.05) is 55.5 Å². The number of hydrogen-bond donors (Lipinski definition) is 1. The first-order valence-corrected chi connectivity index (χ1v) is 5.27. The smallest absolute Gasteiger partial charge is 0.310 e. The molecule has 1 N–H and O–H groups in total. The molecule has 0 aliphatic heterocycles. The molecule has 0 aromatic heterocycles. The fraction of sp³-hybridized carbons (Fsp3) is 0.214. The molecule has 0 saturated heterocycles. The van der Waals surface area contributed by atoms with E-state index in [1.54, 1.807) is 6.92 Å². The Hall–Kier alpha value is -1.83. The van der Waals surface area contributed by atoms with Crippen molar-refractivity contribution in [1.29, 1.82) is 0 Å². The number of allylic oxidation sites excluding steroid dienone is 2. The van der Waals surface area contributed by atoms with Crippen LogP contribution in [0.15, 0.2) is 48.1 Å². The third-order valence-corrected chi connectivity index (χ3v) is 2.47. The van der Waals surface area contributed by atoms with Crippen molar-refractivity contribution in [2.75, 3.05) is 0 Å². The first-order chi connectivity index (χ1) is 7.65. The second-order valence-corrected chi connectivity index (χ2v) is 3.59. The van der Waals surface area contributed by atoms with E-state index in [0.29, 0.717) is 0 Å². The third kappa shape index (κ3) is 3.39. The summed E-state index contributed by atoms with van der Waals surface area (Å²) >= 11 is 0. The molecule has 0 aliphatic rings. The summed E-state index contributed by atoms with van der Waals surface area (Å²) in [6.07, 6.45) is 5.61. The molecule has 0 radical (unpaired) electrons. The van der Waals surface area contributed by atoms with Gasteiger partial charge in [-0.1, -0.05) is 48.6 Å². The average Bonchev–Trinajstić information content (AvgIpc) is 2.30. The number of aliphatic carboxylic acids is 1. The zero-order valence-corrected chi connectivity index (χ0v) is 9.55. The van der Waals surface area contributed by atoms with Crippen LogP contribution in [0, 0.1) is 5.92 Å². The van der Waals surface area contributed by atoms with E-state index in [9.17, 15) is 4.79 Å². The van der Waals surface area contributed by atoms with E-state index in [4.69, 9.17) is 5.11 Å². The lowest BCUT2D eigenvalue weighted by Gasteiger charge is -2.06. The van der Waals surface area contributed by atoms with E-state index >= 15 is 0 Å². The lowest BCUT2D eigenvalue weighted by molar-refractivity contribution is -0.139. The van der Waals surface area contributed by atoms with E-state index in [1.165, 1.54) is 0 Å². The van der Waals surface area contributed by atoms with Gasteiger partial charge in [-0.15, -0.1) is 0 Å². The van der Waals surface area contributed by atoms with Crippen molar-refractivity contribution in [3.8, 4) is 0 Å². The molecular weight excluding hydrogens is 200 g/mol. The van der Waals surface area contributed by atoms with Gasteiger partial charge in [0, 0.05) is 0 Å². The molecule has 84 valence electrons. The molecule has 0 amide bonds. The van der Waals surface area contributed by atoms with Gasteiger partial charge in [-0.05, 0) is 25.0 Å². The van der Waals surface area contributed by atoms with Crippen LogP contribution >= 0.6 is 0 Å². The Bertz CT molecular complexity index is 402. The molecule has 0 aliphatic carbocycles. The normalized spacial score (nSPS) is 14.0. The maximum Gasteiger partial charge on any atom is 0.310 e. The molecule has 0 saturated carbocycles. The lowest BCUT2D eigenvalue weighted by Crippen LogP contribution is -2.10. The van der Waals surface area contributed by atoms with Crippen LogP contribution in [0.2, 0.25) is 0 Å². The second-order valence-electron chi connectivity index (χ2n) is 3.59. The summed E-state index contributed by atoms with van der Waals surface area (Å²) in [5, 5.41) is 8.91. The first kappa shape index (κ1) is 12.2. The van der Waals surface area contributed by atoms with Gasteiger partial charge in [0.15, 0.2) is 0 Å². The van der Waals surface area contributed by atoms with Crippen LogP contribution in [-0.2, 0) is 4.79 Å². The number of carboxylic acids is 1. The van der Waals surface area contributed by atoms with Gasteiger partial charge in [-0.25, -0.2) is 0 Å². The highest BCUT2D eigenvalue weighted by Gasteiger charge is 2.12. The first-order valence-electron chi connectivity index (χ1n) is 5.27. The monoisotopic (exact) mass is 216 g/mol. The summed E-state index contributed by atoms with van der Waals surface area (Å²) in [6.45, 7) is 3.54. The van der Waals surface area contributed by atoms with Gasteiger partial charge in [0.25, 0.3) is 0 Å². The second kappa shape index (κ2) is 5.91. The van der Waals surface area contributed by atoms with Gasteiger partial charge in [0.1, 0.15) is 0 Å². The summed E-state index contributed by atoms with van der Waals surface area (Å²) in [7, 11) is 0. The molecule has 0 fully saturated rings. The van der Waals surface area contributed by atoms with Crippen molar-refractivity contribution in [1.82, 2.24) is 0 Å². The fourth-order valence-corrected chi connectivity index (χ4v) is 1.39. The maximum atomic E-state index is 10.8. The van der Waals surface area contributed by atoms with E-state index in [-0.39, 0.29) is 0 Å². The topological polar surface area (TPSA) is 37.3 Å². The number of benzene rings is 1. The molecular formula is C14H16O2. The minimum absolute atomic E-state index is 0.468. The summed E-state index contributed by atoms with van der Waals surface area (Å²) < 4.78 is 0. The highest BCUT2D eigenvalue weighted by Crippen LogP contribution is 2.14. The predicted octanol–water partition coefficient (Wildman–Crippen LogP) is 3.37. The van der Waals surface area contributed by atoms with E-state index < -0.39 is 11.9 Å². The Morgan fingerprint density at radius 3 is 2.44 bits per heavy atom. The summed E-state index contributed by atoms with van der Waals surface area (Å²) in [5.74, 6) is -1.27. The van der Waals surface area contributed by atoms with Crippen molar-refractivity contribution >= 4 is 12.0 Å². The lowest BCUT2D eigenvalue weighted by atomic mass is 10.00. The van der Waals surface area contributed by atoms with Crippen molar-refractivity contribution in [2.24, 2.45) is 5.92 Å². The standard InChI is InChI=1S/C14H16O2/c1-3-13(11(2)14(15)16)10-9-12-7-5-4-6-8-12/h3-11H,1-2H3,(H,15,16). The molecule has 1 unspecified atom stereocenters. The van der Waals surface area contributed by atoms with Crippen molar-refractivity contribution in [2.45, 2.75) is 13.8 Å². The van der Waals surface area contributed by atoms with Crippen LogP contribution in [0.3, 0.4) is 0 Å². The van der Waals surface area contributed by atoms with Crippen LogP contribution in [0.1, 0.15) is 19.4 Å². The van der Waals surface area contributed by atoms with Crippen LogP contribution in [-0.4, -0.2) is 11.1 Å². The summed E-state index contributed by atoms with van der Waals surface area (Å²) in [5.41, 5.74) is 1.88. The zero-order chi connectivity index (χ0) is 12.0. The number of rotatable bonds is 4. The molecule has 1 aromatic carbocycles. The van der Waals surface area contributed by atoms with Crippen molar-refractivity contribution in [3.63, 3.8) is 0 Å². The van der Waals surface area contributed by atoms with Gasteiger partial charge in [-0.2, -0.15) is 0 Å². The molecule has 0 heterocycles. The number of hydrogen-bond acceptors (Lipinski definition) is 1. The molecule has 1 atom stereocenters. The van der Waals surface area contributed by atoms with Gasteiger partial charge in [0.05, 0.1) is 5.92 Å². The molecule has 1 rings (SSSR count). The number of carboxylic acid groups (broad SMARTS) is 1. The van der Waals surface area contributed by atoms with Gasteiger partial charge >= 0.3 is 5.97 Å². The van der Waals surface area contributed by atoms with E-state index in [2.05, 4.69) is 0 Å². The van der Waals surface area contributed by atoms with Crippen LogP contribution in [0.25, 0.3) is 6.08 Å². The molecule has 2 nitrogen and oxygen atoms in total. The van der Waals surface area contributed by atoms with Crippen molar-refractivity contribution in [3.05, 3.63) is 53.6 Å². The molecule has 0 spiro atoms. The van der Waals surface area contributed by atoms with Gasteiger partial charge in [-0.3, -0.25) is 4.79 Å². The summed E-state index contributed by atoms with van der Waals surface area (Å²) in [4.78, 5) is 10.8. The maximum absolute atomic E-state index is 10.8. The Kier molecular flexibility index (Phi) is 4.52. The molecule has 16 heavy (non-hydrogen) atoms. The van der Waals surface area contributed by atoms with Gasteiger partial charge < -0.3 is 5.11 Å². The number of carbonyl (C=O) groups is 1. The SMILES string of the molecule is CC=C(C=Cc1ccccc1)C(C)C(=O)O. The Morgan fingerprint density at radius 2 is 1.94 bits per heavy atom. The summed E-state index contributed by atoms with van der Waals surface area (Å²) in [6, 6.07) is 9.82. The highest BCUT2D eigenvalue weighted by atomic mass is 16.4. The Morgan fingerprint density at radius 1 is 1.31 bits per heavy atom. The fourth-order valence-electron chi connectivity index (χ4n) is 1.39. The Labute approximate surface area is 95.9 Å². The quantitative estimate of drug-likeness (QED) is 0.783. The van der Waals surface area contributed by atoms with Crippen molar-refractivity contribution < 1.29 is 9.90 Å². The minimum Gasteiger partial charge on any atom is -0.481 e. The molecule has 2 heteroatoms. The largest absolute Gasteiger partial charge is 0.481 e. The highest BCUT2D eigenvalue weighted by molar-refractivity contribution is 5.74. The Balaban J connectivity index is 2.79. The zero-order valence-electron chi connectivity index (χ0n) is 9.55. The van der Waals surface area contributed by atoms with Crippen LogP contribution < -0.4 is 0 Å². The molecule has 0 bridgehead atoms. The minimum atomic E-state index is -0.800.